The number of para-hydroxylation sites is 1. The monoisotopic (exact) mass is 361 g/mol. The molecule has 0 bridgehead atoms. The number of pyridine rings is 1. The molecule has 0 fully saturated rings. The largest absolute Gasteiger partial charge is 0.383 e. The number of fused-ring (bicyclic) bond motifs is 3. The van der Waals surface area contributed by atoms with E-state index < -0.39 is 0 Å². The number of ether oxygens (including phenoxy) is 1. The molecule has 0 saturated carbocycles. The van der Waals surface area contributed by atoms with Crippen molar-refractivity contribution in [3.8, 4) is 11.1 Å². The second-order valence-corrected chi connectivity index (χ2v) is 6.31. The fourth-order valence-electron chi connectivity index (χ4n) is 3.35. The average molecular weight is 361 g/mol. The Morgan fingerprint density at radius 2 is 1.89 bits per heavy atom. The molecule has 0 spiro atoms. The Bertz CT molecular complexity index is 1180. The number of nitrogens with zero attached hydrogens (tertiary/aromatic N) is 1. The van der Waals surface area contributed by atoms with Gasteiger partial charge in [-0.15, -0.1) is 0 Å². The predicted octanol–water partition coefficient (Wildman–Crippen LogP) is 3.29. The first kappa shape index (κ1) is 17.1. The van der Waals surface area contributed by atoms with Crippen molar-refractivity contribution in [1.82, 2.24) is 9.97 Å². The van der Waals surface area contributed by atoms with Gasteiger partial charge in [0.15, 0.2) is 0 Å². The van der Waals surface area contributed by atoms with Crippen LogP contribution in [0.15, 0.2) is 59.4 Å². The number of hydrogen-bond donors (Lipinski definition) is 2. The lowest BCUT2D eigenvalue weighted by Gasteiger charge is -2.18. The van der Waals surface area contributed by atoms with Gasteiger partial charge in [0.25, 0.3) is 0 Å². The molecule has 27 heavy (non-hydrogen) atoms. The molecule has 6 heteroatoms. The number of aromatic nitrogens is 2. The smallest absolute Gasteiger partial charge is 0.249 e. The highest BCUT2D eigenvalue weighted by atomic mass is 16.5. The zero-order valence-electron chi connectivity index (χ0n) is 14.9. The Morgan fingerprint density at radius 1 is 1.04 bits per heavy atom. The molecule has 0 atom stereocenters. The predicted molar refractivity (Wildman–Crippen MR) is 107 cm³/mol. The van der Waals surface area contributed by atoms with E-state index in [1.807, 2.05) is 48.5 Å². The summed E-state index contributed by atoms with van der Waals surface area (Å²) in [6, 6.07) is 17.0. The molecule has 4 aromatic rings. The summed E-state index contributed by atoms with van der Waals surface area (Å²) in [5.74, 6) is 0. The number of H-pyrrole nitrogens is 2. The summed E-state index contributed by atoms with van der Waals surface area (Å²) in [6.07, 6.45) is 0.786. The van der Waals surface area contributed by atoms with E-state index in [4.69, 9.17) is 4.74 Å². The second kappa shape index (κ2) is 7.09. The van der Waals surface area contributed by atoms with Crippen molar-refractivity contribution in [2.24, 2.45) is 0 Å². The Balaban J connectivity index is 1.88. The van der Waals surface area contributed by atoms with Gasteiger partial charge in [-0.05, 0) is 23.8 Å². The zero-order valence-corrected chi connectivity index (χ0v) is 14.9. The number of carbonyl (C=O) groups is 1. The minimum Gasteiger partial charge on any atom is -0.383 e. The summed E-state index contributed by atoms with van der Waals surface area (Å²) in [5.41, 5.74) is 4.85. The third-order valence-electron chi connectivity index (χ3n) is 4.65. The molecule has 136 valence electrons. The van der Waals surface area contributed by atoms with Crippen LogP contribution in [-0.2, 0) is 9.53 Å². The lowest BCUT2D eigenvalue weighted by molar-refractivity contribution is -0.107. The van der Waals surface area contributed by atoms with Crippen molar-refractivity contribution in [2.75, 3.05) is 25.2 Å². The van der Waals surface area contributed by atoms with Crippen LogP contribution in [0, 0.1) is 0 Å². The molecule has 2 aromatic heterocycles. The van der Waals surface area contributed by atoms with Crippen LogP contribution in [-0.4, -0.2) is 36.6 Å². The van der Waals surface area contributed by atoms with Gasteiger partial charge in [-0.25, -0.2) is 0 Å². The van der Waals surface area contributed by atoms with E-state index in [1.165, 1.54) is 0 Å². The van der Waals surface area contributed by atoms with Gasteiger partial charge in [-0.1, -0.05) is 30.3 Å². The van der Waals surface area contributed by atoms with Crippen LogP contribution in [0.4, 0.5) is 5.69 Å². The van der Waals surface area contributed by atoms with Crippen molar-refractivity contribution in [2.45, 2.75) is 0 Å². The molecule has 0 saturated heterocycles. The van der Waals surface area contributed by atoms with Gasteiger partial charge in [0.1, 0.15) is 0 Å². The number of hydrogen-bond acceptors (Lipinski definition) is 3. The summed E-state index contributed by atoms with van der Waals surface area (Å²) in [7, 11) is 1.60. The van der Waals surface area contributed by atoms with Crippen LogP contribution in [0.3, 0.4) is 0 Å². The van der Waals surface area contributed by atoms with E-state index in [0.717, 1.165) is 45.2 Å². The number of carbonyl (C=O) groups excluding carboxylic acids is 1. The zero-order chi connectivity index (χ0) is 18.8. The molecular formula is C21H19N3O3. The molecule has 6 nitrogen and oxygen atoms in total. The van der Waals surface area contributed by atoms with E-state index in [1.54, 1.807) is 18.1 Å². The number of methoxy groups -OCH3 is 1. The summed E-state index contributed by atoms with van der Waals surface area (Å²) in [4.78, 5) is 31.6. The van der Waals surface area contributed by atoms with Gasteiger partial charge in [0, 0.05) is 41.9 Å². The highest BCUT2D eigenvalue weighted by Gasteiger charge is 2.13. The summed E-state index contributed by atoms with van der Waals surface area (Å²) < 4.78 is 5.07. The van der Waals surface area contributed by atoms with Gasteiger partial charge in [-0.2, -0.15) is 0 Å². The SMILES string of the molecule is COCCN(C=O)c1cccc(-c2cc(=O)[nH]c3c2[nH]c2ccccc23)c1. The number of amides is 1. The van der Waals surface area contributed by atoms with Crippen LogP contribution in [0.2, 0.25) is 0 Å². The fourth-order valence-corrected chi connectivity index (χ4v) is 3.35. The first-order valence-electron chi connectivity index (χ1n) is 8.66. The molecule has 1 amide bonds. The molecule has 0 radical (unpaired) electrons. The van der Waals surface area contributed by atoms with Crippen LogP contribution in [0.1, 0.15) is 0 Å². The molecular weight excluding hydrogens is 342 g/mol. The van der Waals surface area contributed by atoms with Gasteiger partial charge >= 0.3 is 0 Å². The number of aromatic amines is 2. The van der Waals surface area contributed by atoms with Crippen LogP contribution in [0.5, 0.6) is 0 Å². The van der Waals surface area contributed by atoms with Crippen LogP contribution >= 0.6 is 0 Å². The standard InChI is InChI=1S/C21H19N3O3/c1-27-10-9-24(13-25)15-6-4-5-14(11-15)17-12-19(26)23-20-16-7-2-3-8-18(16)22-21(17)20/h2-8,11-13,22H,9-10H2,1H3,(H,23,26). The van der Waals surface area contributed by atoms with Gasteiger partial charge in [0.2, 0.25) is 12.0 Å². The van der Waals surface area contributed by atoms with Crippen molar-refractivity contribution < 1.29 is 9.53 Å². The van der Waals surface area contributed by atoms with E-state index in [0.29, 0.717) is 13.2 Å². The minimum atomic E-state index is -0.167. The maximum atomic E-state index is 12.3. The molecule has 0 aliphatic heterocycles. The topological polar surface area (TPSA) is 78.2 Å². The summed E-state index contributed by atoms with van der Waals surface area (Å²) >= 11 is 0. The second-order valence-electron chi connectivity index (χ2n) is 6.31. The maximum absolute atomic E-state index is 12.3. The van der Waals surface area contributed by atoms with Crippen LogP contribution in [0.25, 0.3) is 33.1 Å². The molecule has 2 aromatic carbocycles. The van der Waals surface area contributed by atoms with Crippen molar-refractivity contribution in [3.05, 3.63) is 65.0 Å². The highest BCUT2D eigenvalue weighted by molar-refractivity contribution is 6.09. The van der Waals surface area contributed by atoms with Gasteiger partial charge in [0.05, 0.1) is 17.6 Å². The number of nitrogens with one attached hydrogen (secondary N) is 2. The van der Waals surface area contributed by atoms with E-state index in [2.05, 4.69) is 9.97 Å². The van der Waals surface area contributed by atoms with Crippen molar-refractivity contribution in [1.29, 1.82) is 0 Å². The molecule has 2 heterocycles. The van der Waals surface area contributed by atoms with Gasteiger partial charge < -0.3 is 19.6 Å². The molecule has 0 aliphatic carbocycles. The normalized spacial score (nSPS) is 11.1. The quantitative estimate of drug-likeness (QED) is 0.517. The molecule has 0 unspecified atom stereocenters. The van der Waals surface area contributed by atoms with E-state index in [-0.39, 0.29) is 5.56 Å². The minimum absolute atomic E-state index is 0.167. The van der Waals surface area contributed by atoms with Crippen molar-refractivity contribution in [3.63, 3.8) is 0 Å². The van der Waals surface area contributed by atoms with E-state index in [9.17, 15) is 9.59 Å². The van der Waals surface area contributed by atoms with Crippen molar-refractivity contribution >= 4 is 34.0 Å². The third kappa shape index (κ3) is 3.11. The third-order valence-corrected chi connectivity index (χ3v) is 4.65. The highest BCUT2D eigenvalue weighted by Crippen LogP contribution is 2.32. The van der Waals surface area contributed by atoms with Gasteiger partial charge in [-0.3, -0.25) is 9.59 Å². The number of anilines is 1. The summed E-state index contributed by atoms with van der Waals surface area (Å²) in [5, 5.41) is 0.970. The lowest BCUT2D eigenvalue weighted by atomic mass is 10.0. The molecule has 0 aliphatic rings. The Morgan fingerprint density at radius 3 is 2.70 bits per heavy atom. The van der Waals surface area contributed by atoms with Crippen LogP contribution < -0.4 is 10.5 Å². The fraction of sp³-hybridized carbons (Fsp3) is 0.143. The number of benzene rings is 2. The Labute approximate surface area is 155 Å². The maximum Gasteiger partial charge on any atom is 0.249 e. The Kier molecular flexibility index (Phi) is 4.48. The Hall–Kier alpha value is -3.38. The number of rotatable bonds is 6. The first-order chi connectivity index (χ1) is 13.2. The lowest BCUT2D eigenvalue weighted by Crippen LogP contribution is -2.25. The summed E-state index contributed by atoms with van der Waals surface area (Å²) in [6.45, 7) is 0.904. The average Bonchev–Trinajstić information content (AvgIpc) is 3.07. The molecule has 2 N–H and O–H groups in total. The molecule has 4 rings (SSSR count). The first-order valence-corrected chi connectivity index (χ1v) is 8.66. The van der Waals surface area contributed by atoms with E-state index >= 15 is 0 Å².